The van der Waals surface area contributed by atoms with Gasteiger partial charge in [0, 0.05) is 23.2 Å². The van der Waals surface area contributed by atoms with Crippen LogP contribution in [0.25, 0.3) is 5.57 Å². The molecular formula is C30H48BN3. The average molecular weight is 462 g/mol. The van der Waals surface area contributed by atoms with Crippen molar-refractivity contribution in [2.24, 2.45) is 5.92 Å². The van der Waals surface area contributed by atoms with Gasteiger partial charge >= 0.3 is 0 Å². The number of terminal acetylenes is 1. The lowest BCUT2D eigenvalue weighted by molar-refractivity contribution is 0.560. The fourth-order valence-corrected chi connectivity index (χ4v) is 2.68. The molecule has 1 aromatic carbocycles. The van der Waals surface area contributed by atoms with E-state index < -0.39 is 0 Å². The van der Waals surface area contributed by atoms with Crippen molar-refractivity contribution in [2.45, 2.75) is 75.2 Å². The van der Waals surface area contributed by atoms with Crippen molar-refractivity contribution in [1.29, 1.82) is 5.41 Å². The lowest BCUT2D eigenvalue weighted by Gasteiger charge is -2.10. The molecule has 2 radical (unpaired) electrons. The molecule has 34 heavy (non-hydrogen) atoms. The van der Waals surface area contributed by atoms with Gasteiger partial charge in [0.2, 0.25) is 0 Å². The summed E-state index contributed by atoms with van der Waals surface area (Å²) in [5, 5.41) is 10.6. The van der Waals surface area contributed by atoms with E-state index in [0.717, 1.165) is 34.9 Å². The number of benzene rings is 1. The van der Waals surface area contributed by atoms with Gasteiger partial charge in [-0.3, -0.25) is 4.98 Å². The first-order valence-electron chi connectivity index (χ1n) is 12.1. The van der Waals surface area contributed by atoms with Crippen molar-refractivity contribution in [3.63, 3.8) is 0 Å². The Balaban J connectivity index is -0.000000443. The number of pyridine rings is 1. The molecule has 2 aromatic rings. The minimum absolute atomic E-state index is 0.472. The van der Waals surface area contributed by atoms with Gasteiger partial charge in [-0.2, -0.15) is 0 Å². The van der Waals surface area contributed by atoms with E-state index in [4.69, 9.17) is 13.3 Å². The molecule has 0 saturated heterocycles. The maximum absolute atomic E-state index is 7.68. The molecule has 0 fully saturated rings. The molecule has 186 valence electrons. The van der Waals surface area contributed by atoms with E-state index in [1.807, 2.05) is 47.7 Å². The Morgan fingerprint density at radius 3 is 1.94 bits per heavy atom. The van der Waals surface area contributed by atoms with Crippen LogP contribution in [0.3, 0.4) is 0 Å². The zero-order valence-electron chi connectivity index (χ0n) is 23.4. The second-order valence-corrected chi connectivity index (χ2v) is 7.72. The summed E-state index contributed by atoms with van der Waals surface area (Å²) in [6.45, 7) is 19.2. The maximum atomic E-state index is 7.68. The largest absolute Gasteiger partial charge is 0.320 e. The smallest absolute Gasteiger partial charge is 0.108 e. The van der Waals surface area contributed by atoms with Crippen molar-refractivity contribution in [3.8, 4) is 12.8 Å². The Bertz CT molecular complexity index is 817. The highest BCUT2D eigenvalue weighted by atomic mass is 14.8. The van der Waals surface area contributed by atoms with Crippen LogP contribution in [0, 0.1) is 38.0 Å². The highest BCUT2D eigenvalue weighted by Crippen LogP contribution is 2.20. The SMILES string of the molecule is C#C.CC.CCC(C)Cc1ccccc1.CCNC.[B]/C(C)=C(\C(C)=N)c1cnc(C)c(C)c1. The van der Waals surface area contributed by atoms with Crippen LogP contribution in [-0.4, -0.2) is 32.1 Å². The Hall–Kier alpha value is -2.64. The van der Waals surface area contributed by atoms with E-state index >= 15 is 0 Å². The van der Waals surface area contributed by atoms with E-state index in [1.54, 1.807) is 13.1 Å². The predicted molar refractivity (Wildman–Crippen MR) is 156 cm³/mol. The van der Waals surface area contributed by atoms with Gasteiger partial charge in [-0.25, -0.2) is 0 Å². The minimum atomic E-state index is 0.472. The topological polar surface area (TPSA) is 48.8 Å². The fourth-order valence-electron chi connectivity index (χ4n) is 2.68. The number of aryl methyl sites for hydroxylation is 2. The van der Waals surface area contributed by atoms with Gasteiger partial charge in [-0.1, -0.05) is 78.3 Å². The molecule has 1 heterocycles. The lowest BCUT2D eigenvalue weighted by Crippen LogP contribution is -2.01. The second kappa shape index (κ2) is 23.5. The van der Waals surface area contributed by atoms with Gasteiger partial charge in [-0.05, 0) is 69.5 Å². The monoisotopic (exact) mass is 461 g/mol. The van der Waals surface area contributed by atoms with Crippen LogP contribution in [-0.2, 0) is 6.42 Å². The Morgan fingerprint density at radius 1 is 1.09 bits per heavy atom. The first kappa shape index (κ1) is 35.9. The minimum Gasteiger partial charge on any atom is -0.320 e. The first-order valence-corrected chi connectivity index (χ1v) is 12.1. The summed E-state index contributed by atoms with van der Waals surface area (Å²) < 4.78 is 0. The van der Waals surface area contributed by atoms with Crippen LogP contribution in [0.5, 0.6) is 0 Å². The molecule has 2 rings (SSSR count). The van der Waals surface area contributed by atoms with Crippen molar-refractivity contribution in [1.82, 2.24) is 10.3 Å². The number of nitrogens with one attached hydrogen (secondary N) is 2. The summed E-state index contributed by atoms with van der Waals surface area (Å²) in [6.07, 6.45) is 12.3. The molecule has 0 aliphatic carbocycles. The first-order chi connectivity index (χ1) is 16.2. The van der Waals surface area contributed by atoms with Crippen molar-refractivity contribution in [3.05, 3.63) is 70.5 Å². The normalized spacial score (nSPS) is 10.7. The predicted octanol–water partition coefficient (Wildman–Crippen LogP) is 7.41. The molecule has 1 aromatic heterocycles. The van der Waals surface area contributed by atoms with Crippen LogP contribution in [0.4, 0.5) is 0 Å². The third-order valence-electron chi connectivity index (χ3n) is 4.88. The van der Waals surface area contributed by atoms with E-state index in [-0.39, 0.29) is 0 Å². The third-order valence-corrected chi connectivity index (χ3v) is 4.88. The molecule has 0 aliphatic heterocycles. The lowest BCUT2D eigenvalue weighted by atomic mass is 9.86. The molecule has 0 aliphatic rings. The quantitative estimate of drug-likeness (QED) is 0.267. The number of aromatic nitrogens is 1. The summed E-state index contributed by atoms with van der Waals surface area (Å²) >= 11 is 0. The molecule has 0 amide bonds. The molecule has 0 bridgehead atoms. The number of rotatable bonds is 6. The van der Waals surface area contributed by atoms with Crippen molar-refractivity contribution < 1.29 is 0 Å². The molecule has 2 N–H and O–H groups in total. The molecule has 1 atom stereocenters. The number of nitrogens with zero attached hydrogens (tertiary/aromatic N) is 1. The molecule has 0 spiro atoms. The van der Waals surface area contributed by atoms with E-state index in [9.17, 15) is 0 Å². The van der Waals surface area contributed by atoms with Crippen LogP contribution < -0.4 is 5.32 Å². The van der Waals surface area contributed by atoms with E-state index in [0.29, 0.717) is 11.2 Å². The Morgan fingerprint density at radius 2 is 1.59 bits per heavy atom. The number of allylic oxidation sites excluding steroid dienone is 2. The average Bonchev–Trinajstić information content (AvgIpc) is 2.84. The maximum Gasteiger partial charge on any atom is 0.108 e. The van der Waals surface area contributed by atoms with Crippen LogP contribution in [0.2, 0.25) is 0 Å². The van der Waals surface area contributed by atoms with Gasteiger partial charge in [0.15, 0.2) is 0 Å². The third kappa shape index (κ3) is 16.9. The molecule has 4 heteroatoms. The van der Waals surface area contributed by atoms with Gasteiger partial charge in [0.1, 0.15) is 7.85 Å². The second-order valence-electron chi connectivity index (χ2n) is 7.72. The van der Waals surface area contributed by atoms with E-state index in [1.165, 1.54) is 18.4 Å². The summed E-state index contributed by atoms with van der Waals surface area (Å²) in [4.78, 5) is 4.28. The Kier molecular flexibility index (Phi) is 24.9. The van der Waals surface area contributed by atoms with Crippen molar-refractivity contribution >= 4 is 19.1 Å². The number of hydrogen-bond donors (Lipinski definition) is 2. The molecular weight excluding hydrogens is 413 g/mol. The molecule has 3 nitrogen and oxygen atoms in total. The van der Waals surface area contributed by atoms with Gasteiger partial charge in [0.25, 0.3) is 0 Å². The summed E-state index contributed by atoms with van der Waals surface area (Å²) in [7, 11) is 7.70. The standard InChI is InChI=1S/C12H15BN2.C11H16.C3H9N.C2H6.C2H2/c1-7-5-11(6-15-10(7)4)12(8(2)13)9(3)14;1-3-10(2)9-11-7-5-4-6-8-11;1-3-4-2;2*1-2/h5-6,14H,1-4H3;4-8,10H,3,9H2,1-2H3;4H,3H2,1-2H3;1-2H3;1-2H/b12-8+,14-9?;;;;. The zero-order chi connectivity index (χ0) is 27.1. The zero-order valence-corrected chi connectivity index (χ0v) is 23.4. The van der Waals surface area contributed by atoms with E-state index in [2.05, 4.69) is 74.3 Å². The van der Waals surface area contributed by atoms with Gasteiger partial charge in [-0.15, -0.1) is 18.3 Å². The Labute approximate surface area is 212 Å². The highest BCUT2D eigenvalue weighted by molar-refractivity contribution is 6.35. The van der Waals surface area contributed by atoms with Crippen LogP contribution in [0.15, 0.2) is 48.1 Å². The summed E-state index contributed by atoms with van der Waals surface area (Å²) in [5.41, 5.74) is 6.42. The number of hydrogen-bond acceptors (Lipinski definition) is 3. The fraction of sp³-hybridized carbons (Fsp3) is 0.467. The molecule has 1 unspecified atom stereocenters. The summed E-state index contributed by atoms with van der Waals surface area (Å²) in [5.74, 6) is 0.817. The van der Waals surface area contributed by atoms with Crippen molar-refractivity contribution in [2.75, 3.05) is 13.6 Å². The van der Waals surface area contributed by atoms with Gasteiger partial charge < -0.3 is 10.7 Å². The van der Waals surface area contributed by atoms with Crippen LogP contribution in [0.1, 0.15) is 77.3 Å². The molecule has 0 saturated carbocycles. The van der Waals surface area contributed by atoms with Gasteiger partial charge in [0.05, 0.1) is 0 Å². The summed E-state index contributed by atoms with van der Waals surface area (Å²) in [6, 6.07) is 12.7. The highest BCUT2D eigenvalue weighted by Gasteiger charge is 2.07. The van der Waals surface area contributed by atoms with Crippen LogP contribution >= 0.6 is 0 Å².